The van der Waals surface area contributed by atoms with Crippen molar-refractivity contribution in [3.63, 3.8) is 0 Å². The number of hydrazine groups is 1. The summed E-state index contributed by atoms with van der Waals surface area (Å²) in [6.45, 7) is 0. The molecule has 3 aliphatic rings. The van der Waals surface area contributed by atoms with Crippen LogP contribution in [0.5, 0.6) is 0 Å². The van der Waals surface area contributed by atoms with Crippen molar-refractivity contribution in [2.75, 3.05) is 0 Å². The van der Waals surface area contributed by atoms with Crippen molar-refractivity contribution in [3.05, 3.63) is 34.9 Å². The Labute approximate surface area is 160 Å². The van der Waals surface area contributed by atoms with Gasteiger partial charge in [-0.05, 0) is 42.5 Å². The predicted molar refractivity (Wildman–Crippen MR) is 94.8 cm³/mol. The van der Waals surface area contributed by atoms with Gasteiger partial charge in [0.2, 0.25) is 0 Å². The maximum absolute atomic E-state index is 12.7. The smallest absolute Gasteiger partial charge is 0.270 e. The third kappa shape index (κ3) is 2.28. The van der Waals surface area contributed by atoms with Gasteiger partial charge in [0.1, 0.15) is 0 Å². The SMILES string of the molecule is O=C(NN1C(=O)[C@H]2[C@@H]3C[C@H]([C@@H](Br)[C@H]3Br)[C@@H]2C1=O)c1ccc(Cl)cc1. The summed E-state index contributed by atoms with van der Waals surface area (Å²) in [4.78, 5) is 38.0. The molecule has 0 radical (unpaired) electrons. The van der Waals surface area contributed by atoms with Gasteiger partial charge in [0.15, 0.2) is 0 Å². The maximum Gasteiger partial charge on any atom is 0.270 e. The molecule has 0 aromatic heterocycles. The number of carbonyl (C=O) groups is 3. The summed E-state index contributed by atoms with van der Waals surface area (Å²) in [5.41, 5.74) is 2.81. The van der Waals surface area contributed by atoms with E-state index in [1.54, 1.807) is 24.3 Å². The van der Waals surface area contributed by atoms with E-state index in [1.807, 2.05) is 0 Å². The summed E-state index contributed by atoms with van der Waals surface area (Å²) < 4.78 is 0. The maximum atomic E-state index is 12.7. The van der Waals surface area contributed by atoms with Crippen LogP contribution >= 0.6 is 43.5 Å². The Hall–Kier alpha value is -0.920. The lowest BCUT2D eigenvalue weighted by Crippen LogP contribution is -2.47. The highest BCUT2D eigenvalue weighted by atomic mass is 79.9. The van der Waals surface area contributed by atoms with E-state index in [0.29, 0.717) is 10.6 Å². The van der Waals surface area contributed by atoms with Crippen LogP contribution in [-0.4, -0.2) is 32.4 Å². The third-order valence-corrected chi connectivity index (χ3v) is 8.77. The van der Waals surface area contributed by atoms with Crippen LogP contribution < -0.4 is 5.43 Å². The molecule has 5 nitrogen and oxygen atoms in total. The van der Waals surface area contributed by atoms with Gasteiger partial charge in [-0.1, -0.05) is 43.5 Å². The van der Waals surface area contributed by atoms with Gasteiger partial charge < -0.3 is 0 Å². The third-order valence-electron chi connectivity index (χ3n) is 5.31. The first-order valence-corrected chi connectivity index (χ1v) is 9.83. The minimum Gasteiger partial charge on any atom is -0.272 e. The van der Waals surface area contributed by atoms with Gasteiger partial charge in [0, 0.05) is 20.2 Å². The zero-order chi connectivity index (χ0) is 17.2. The zero-order valence-electron chi connectivity index (χ0n) is 12.3. The Balaban J connectivity index is 1.55. The summed E-state index contributed by atoms with van der Waals surface area (Å²) in [5, 5.41) is 1.42. The molecule has 4 rings (SSSR count). The average molecular weight is 477 g/mol. The van der Waals surface area contributed by atoms with Crippen LogP contribution in [0.3, 0.4) is 0 Å². The van der Waals surface area contributed by atoms with Gasteiger partial charge in [-0.2, -0.15) is 5.01 Å². The number of fused-ring (bicyclic) bond motifs is 5. The van der Waals surface area contributed by atoms with Crippen molar-refractivity contribution in [2.24, 2.45) is 23.7 Å². The second-order valence-electron chi connectivity index (χ2n) is 6.46. The molecule has 3 amide bonds. The number of nitrogens with one attached hydrogen (secondary N) is 1. The van der Waals surface area contributed by atoms with Crippen LogP contribution in [0.4, 0.5) is 0 Å². The van der Waals surface area contributed by atoms with Gasteiger partial charge in [0.25, 0.3) is 17.7 Å². The van der Waals surface area contributed by atoms with Crippen molar-refractivity contribution < 1.29 is 14.4 Å². The molecule has 1 aromatic rings. The molecule has 1 heterocycles. The van der Waals surface area contributed by atoms with E-state index >= 15 is 0 Å². The molecule has 1 N–H and O–H groups in total. The molecular formula is C16H13Br2ClN2O3. The lowest BCUT2D eigenvalue weighted by atomic mass is 9.81. The number of hydrogen-bond donors (Lipinski definition) is 1. The van der Waals surface area contributed by atoms with Gasteiger partial charge in [-0.25, -0.2) is 0 Å². The van der Waals surface area contributed by atoms with Gasteiger partial charge in [0.05, 0.1) is 11.8 Å². The number of rotatable bonds is 2. The second kappa shape index (κ2) is 5.81. The van der Waals surface area contributed by atoms with Crippen molar-refractivity contribution >= 4 is 61.2 Å². The van der Waals surface area contributed by atoms with Gasteiger partial charge >= 0.3 is 0 Å². The van der Waals surface area contributed by atoms with Crippen LogP contribution in [-0.2, 0) is 9.59 Å². The molecular weight excluding hydrogens is 463 g/mol. The number of imide groups is 1. The molecule has 8 heteroatoms. The summed E-state index contributed by atoms with van der Waals surface area (Å²) in [6, 6.07) is 6.28. The number of nitrogens with zero attached hydrogens (tertiary/aromatic N) is 1. The Morgan fingerprint density at radius 3 is 2.04 bits per heavy atom. The molecule has 3 fully saturated rings. The van der Waals surface area contributed by atoms with Crippen molar-refractivity contribution in [1.29, 1.82) is 0 Å². The van der Waals surface area contributed by atoms with Crippen LogP contribution in [0.1, 0.15) is 16.8 Å². The van der Waals surface area contributed by atoms with E-state index in [9.17, 15) is 14.4 Å². The Bertz CT molecular complexity index is 709. The van der Waals surface area contributed by atoms with Gasteiger partial charge in [-0.15, -0.1) is 0 Å². The lowest BCUT2D eigenvalue weighted by molar-refractivity contribution is -0.143. The van der Waals surface area contributed by atoms with E-state index in [0.717, 1.165) is 11.4 Å². The Morgan fingerprint density at radius 1 is 1.04 bits per heavy atom. The molecule has 2 aliphatic carbocycles. The van der Waals surface area contributed by atoms with E-state index < -0.39 is 5.91 Å². The molecule has 6 atom stereocenters. The van der Waals surface area contributed by atoms with Gasteiger partial charge in [-0.3, -0.25) is 19.8 Å². The summed E-state index contributed by atoms with van der Waals surface area (Å²) in [5.74, 6) is -1.53. The first kappa shape index (κ1) is 16.5. The van der Waals surface area contributed by atoms with Crippen LogP contribution in [0.2, 0.25) is 5.02 Å². The summed E-state index contributed by atoms with van der Waals surface area (Å²) in [6.07, 6.45) is 0.859. The minimum absolute atomic E-state index is 0.123. The van der Waals surface area contributed by atoms with Crippen LogP contribution in [0.25, 0.3) is 0 Å². The molecule has 1 aliphatic heterocycles. The second-order valence-corrected chi connectivity index (χ2v) is 9.01. The van der Waals surface area contributed by atoms with E-state index in [1.165, 1.54) is 0 Å². The number of amides is 3. The Kier molecular flexibility index (Phi) is 4.01. The highest BCUT2D eigenvalue weighted by Crippen LogP contribution is 2.59. The van der Waals surface area contributed by atoms with E-state index in [4.69, 9.17) is 11.6 Å². The fraction of sp³-hybridized carbons (Fsp3) is 0.438. The van der Waals surface area contributed by atoms with Crippen LogP contribution in [0.15, 0.2) is 24.3 Å². The molecule has 2 saturated carbocycles. The normalized spacial score (nSPS) is 37.0. The zero-order valence-corrected chi connectivity index (χ0v) is 16.2. The average Bonchev–Trinajstić information content (AvgIpc) is 3.16. The first-order valence-electron chi connectivity index (χ1n) is 7.62. The standard InChI is InChI=1S/C16H13Br2ClN2O3/c17-12-8-5-9(13(12)18)11-10(8)15(23)21(16(11)24)20-14(22)6-1-3-7(19)4-2-6/h1-4,8-13H,5H2,(H,20,22)/t8-,9-,10-,11-,12-,13+/m0/s1. The fourth-order valence-electron chi connectivity index (χ4n) is 4.23. The Morgan fingerprint density at radius 2 is 1.54 bits per heavy atom. The van der Waals surface area contributed by atoms with E-state index in [-0.39, 0.29) is 45.1 Å². The largest absolute Gasteiger partial charge is 0.272 e. The number of benzene rings is 1. The topological polar surface area (TPSA) is 66.5 Å². The highest BCUT2D eigenvalue weighted by Gasteiger charge is 2.66. The highest BCUT2D eigenvalue weighted by molar-refractivity contribution is 9.12. The minimum atomic E-state index is -0.494. The van der Waals surface area contributed by atoms with Crippen LogP contribution in [0, 0.1) is 23.7 Å². The summed E-state index contributed by atoms with van der Waals surface area (Å²) >= 11 is 13.1. The number of hydrogen-bond acceptors (Lipinski definition) is 3. The van der Waals surface area contributed by atoms with Crippen molar-refractivity contribution in [3.8, 4) is 0 Å². The number of alkyl halides is 2. The monoisotopic (exact) mass is 474 g/mol. The van der Waals surface area contributed by atoms with Crippen molar-refractivity contribution in [2.45, 2.75) is 16.1 Å². The number of carbonyl (C=O) groups excluding carboxylic acids is 3. The molecule has 1 saturated heterocycles. The first-order chi connectivity index (χ1) is 11.4. The molecule has 1 aromatic carbocycles. The molecule has 24 heavy (non-hydrogen) atoms. The number of halogens is 3. The predicted octanol–water partition coefficient (Wildman–Crippen LogP) is 2.76. The fourth-order valence-corrected chi connectivity index (χ4v) is 6.23. The lowest BCUT2D eigenvalue weighted by Gasteiger charge is -2.28. The summed E-state index contributed by atoms with van der Waals surface area (Å²) in [7, 11) is 0. The molecule has 0 unspecified atom stereocenters. The molecule has 126 valence electrons. The van der Waals surface area contributed by atoms with E-state index in [2.05, 4.69) is 37.3 Å². The van der Waals surface area contributed by atoms with Crippen molar-refractivity contribution in [1.82, 2.24) is 10.4 Å². The molecule has 2 bridgehead atoms. The quantitative estimate of drug-likeness (QED) is 0.527. The molecule has 0 spiro atoms.